The molecule has 2 aromatic rings. The second kappa shape index (κ2) is 10.3. The van der Waals surface area contributed by atoms with Crippen LogP contribution in [-0.4, -0.2) is 45.4 Å². The number of rotatable bonds is 8. The van der Waals surface area contributed by atoms with E-state index < -0.39 is 5.97 Å². The van der Waals surface area contributed by atoms with Gasteiger partial charge in [-0.25, -0.2) is 4.79 Å². The minimum Gasteiger partial charge on any atom is -0.493 e. The molecular weight excluding hydrogens is 386 g/mol. The van der Waals surface area contributed by atoms with Crippen LogP contribution in [0.1, 0.15) is 24.0 Å². The van der Waals surface area contributed by atoms with Gasteiger partial charge in [-0.2, -0.15) is 0 Å². The van der Waals surface area contributed by atoms with E-state index in [0.29, 0.717) is 42.6 Å². The fourth-order valence-corrected chi connectivity index (χ4v) is 2.96. The Morgan fingerprint density at radius 3 is 2.70 bits per heavy atom. The highest BCUT2D eigenvalue weighted by Crippen LogP contribution is 2.40. The van der Waals surface area contributed by atoms with Crippen LogP contribution in [0.2, 0.25) is 0 Å². The molecule has 7 nitrogen and oxygen atoms in total. The lowest BCUT2D eigenvalue weighted by atomic mass is 10.0. The summed E-state index contributed by atoms with van der Waals surface area (Å²) in [7, 11) is 1.53. The fraction of sp³-hybridized carbons (Fsp3) is 0.304. The predicted octanol–water partition coefficient (Wildman–Crippen LogP) is 2.94. The highest BCUT2D eigenvalue weighted by molar-refractivity contribution is 5.89. The van der Waals surface area contributed by atoms with Crippen LogP contribution in [0.5, 0.6) is 17.2 Å². The Balaban J connectivity index is 1.47. The summed E-state index contributed by atoms with van der Waals surface area (Å²) in [5.74, 6) is 0.823. The minimum absolute atomic E-state index is 0.163. The molecule has 30 heavy (non-hydrogen) atoms. The molecule has 0 saturated heterocycles. The Morgan fingerprint density at radius 2 is 1.93 bits per heavy atom. The Bertz CT molecular complexity index is 892. The van der Waals surface area contributed by atoms with E-state index in [-0.39, 0.29) is 18.4 Å². The Labute approximate surface area is 175 Å². The highest BCUT2D eigenvalue weighted by atomic mass is 16.6. The van der Waals surface area contributed by atoms with E-state index in [0.717, 1.165) is 5.56 Å². The summed E-state index contributed by atoms with van der Waals surface area (Å²) in [6.45, 7) is 3.05. The van der Waals surface area contributed by atoms with Crippen molar-refractivity contribution in [3.8, 4) is 17.2 Å². The number of ether oxygens (including phenoxy) is 4. The van der Waals surface area contributed by atoms with Crippen molar-refractivity contribution >= 4 is 18.0 Å². The third-order valence-electron chi connectivity index (χ3n) is 4.58. The lowest BCUT2D eigenvalue weighted by Gasteiger charge is -2.20. The van der Waals surface area contributed by atoms with Gasteiger partial charge >= 0.3 is 5.97 Å². The zero-order valence-electron chi connectivity index (χ0n) is 17.1. The predicted molar refractivity (Wildman–Crippen MR) is 112 cm³/mol. The molecular formula is C23H25NO6. The van der Waals surface area contributed by atoms with Gasteiger partial charge in [0.05, 0.1) is 7.11 Å². The van der Waals surface area contributed by atoms with Crippen LogP contribution in [0.4, 0.5) is 0 Å². The normalized spacial score (nSPS) is 13.5. The largest absolute Gasteiger partial charge is 0.493 e. The second-order valence-electron chi connectivity index (χ2n) is 6.80. The van der Waals surface area contributed by atoms with Gasteiger partial charge in [0.2, 0.25) is 5.75 Å². The van der Waals surface area contributed by atoms with Gasteiger partial charge in [0.1, 0.15) is 13.2 Å². The maximum Gasteiger partial charge on any atom is 0.331 e. The fourth-order valence-electron chi connectivity index (χ4n) is 2.96. The van der Waals surface area contributed by atoms with Crippen LogP contribution in [0.25, 0.3) is 6.08 Å². The second-order valence-corrected chi connectivity index (χ2v) is 6.80. The van der Waals surface area contributed by atoms with Crippen LogP contribution in [0.3, 0.4) is 0 Å². The van der Waals surface area contributed by atoms with E-state index in [1.54, 1.807) is 18.2 Å². The van der Waals surface area contributed by atoms with Gasteiger partial charge < -0.3 is 24.3 Å². The zero-order valence-corrected chi connectivity index (χ0v) is 17.1. The summed E-state index contributed by atoms with van der Waals surface area (Å²) in [6.07, 6.45) is 2.82. The van der Waals surface area contributed by atoms with Gasteiger partial charge in [-0.3, -0.25) is 4.79 Å². The van der Waals surface area contributed by atoms with E-state index in [4.69, 9.17) is 18.9 Å². The molecule has 7 heteroatoms. The van der Waals surface area contributed by atoms with Gasteiger partial charge in [0.25, 0.3) is 5.91 Å². The molecule has 0 unspecified atom stereocenters. The molecule has 0 aliphatic carbocycles. The highest BCUT2D eigenvalue weighted by Gasteiger charge is 2.18. The summed E-state index contributed by atoms with van der Waals surface area (Å²) >= 11 is 0. The van der Waals surface area contributed by atoms with Gasteiger partial charge in [0.15, 0.2) is 18.1 Å². The molecule has 0 aromatic heterocycles. The Morgan fingerprint density at radius 1 is 1.17 bits per heavy atom. The quantitative estimate of drug-likeness (QED) is 0.531. The number of hydrogen-bond donors (Lipinski definition) is 1. The van der Waals surface area contributed by atoms with E-state index >= 15 is 0 Å². The molecule has 1 aliphatic heterocycles. The summed E-state index contributed by atoms with van der Waals surface area (Å²) < 4.78 is 21.4. The SMILES string of the molecule is COc1cc(/C=C/C(=O)OCC(=O)NC[C@@H](C)c2ccccc2)cc2c1OCCO2. The van der Waals surface area contributed by atoms with Gasteiger partial charge in [-0.15, -0.1) is 0 Å². The molecule has 158 valence electrons. The molecule has 1 amide bonds. The topological polar surface area (TPSA) is 83.1 Å². The van der Waals surface area contributed by atoms with E-state index in [1.807, 2.05) is 37.3 Å². The molecule has 1 atom stereocenters. The van der Waals surface area contributed by atoms with Crippen LogP contribution in [0.15, 0.2) is 48.5 Å². The van der Waals surface area contributed by atoms with Crippen molar-refractivity contribution in [2.24, 2.45) is 0 Å². The van der Waals surface area contributed by atoms with Gasteiger partial charge in [-0.05, 0) is 35.3 Å². The average Bonchev–Trinajstić information content (AvgIpc) is 2.79. The Kier molecular flexibility index (Phi) is 7.32. The van der Waals surface area contributed by atoms with Gasteiger partial charge in [0, 0.05) is 12.6 Å². The number of carbonyl (C=O) groups excluding carboxylic acids is 2. The zero-order chi connectivity index (χ0) is 21.3. The van der Waals surface area contributed by atoms with Crippen molar-refractivity contribution in [3.63, 3.8) is 0 Å². The van der Waals surface area contributed by atoms with Crippen molar-refractivity contribution < 1.29 is 28.5 Å². The first kappa shape index (κ1) is 21.2. The number of amides is 1. The first-order chi connectivity index (χ1) is 14.6. The van der Waals surface area contributed by atoms with E-state index in [1.165, 1.54) is 13.2 Å². The van der Waals surface area contributed by atoms with E-state index in [9.17, 15) is 9.59 Å². The summed E-state index contributed by atoms with van der Waals surface area (Å²) in [6, 6.07) is 13.4. The molecule has 0 spiro atoms. The maximum absolute atomic E-state index is 11.9. The number of esters is 1. The number of benzene rings is 2. The molecule has 0 radical (unpaired) electrons. The lowest BCUT2D eigenvalue weighted by Crippen LogP contribution is -2.31. The number of fused-ring (bicyclic) bond motifs is 1. The van der Waals surface area contributed by atoms with Crippen molar-refractivity contribution in [1.82, 2.24) is 5.32 Å². The summed E-state index contributed by atoms with van der Waals surface area (Å²) in [4.78, 5) is 23.9. The monoisotopic (exact) mass is 411 g/mol. The van der Waals surface area contributed by atoms with Crippen LogP contribution >= 0.6 is 0 Å². The molecule has 0 fully saturated rings. The summed E-state index contributed by atoms with van der Waals surface area (Å²) in [5, 5.41) is 2.77. The molecule has 0 saturated carbocycles. The first-order valence-electron chi connectivity index (χ1n) is 9.71. The standard InChI is InChI=1S/C23H25NO6/c1-16(18-6-4-3-5-7-18)14-24-21(25)15-30-22(26)9-8-17-12-19(27-2)23-20(13-17)28-10-11-29-23/h3-9,12-13,16H,10-11,14-15H2,1-2H3,(H,24,25)/b9-8+/t16-/m1/s1. The molecule has 3 rings (SSSR count). The minimum atomic E-state index is -0.616. The van der Waals surface area contributed by atoms with Crippen LogP contribution in [0, 0.1) is 0 Å². The maximum atomic E-state index is 11.9. The third-order valence-corrected chi connectivity index (χ3v) is 4.58. The third kappa shape index (κ3) is 5.76. The number of methoxy groups -OCH3 is 1. The van der Waals surface area contributed by atoms with Crippen LogP contribution < -0.4 is 19.5 Å². The van der Waals surface area contributed by atoms with Gasteiger partial charge in [-0.1, -0.05) is 37.3 Å². The molecule has 2 aromatic carbocycles. The number of nitrogens with one attached hydrogen (secondary N) is 1. The molecule has 1 heterocycles. The molecule has 1 aliphatic rings. The van der Waals surface area contributed by atoms with Crippen molar-refractivity contribution in [3.05, 3.63) is 59.7 Å². The van der Waals surface area contributed by atoms with Crippen molar-refractivity contribution in [2.75, 3.05) is 33.5 Å². The first-order valence-corrected chi connectivity index (χ1v) is 9.71. The number of hydrogen-bond acceptors (Lipinski definition) is 6. The lowest BCUT2D eigenvalue weighted by molar-refractivity contribution is -0.143. The average molecular weight is 411 g/mol. The molecule has 1 N–H and O–H groups in total. The smallest absolute Gasteiger partial charge is 0.331 e. The van der Waals surface area contributed by atoms with Crippen molar-refractivity contribution in [1.29, 1.82) is 0 Å². The molecule has 0 bridgehead atoms. The summed E-state index contributed by atoms with van der Waals surface area (Å²) in [5.41, 5.74) is 1.82. The Hall–Kier alpha value is -3.48. The number of carbonyl (C=O) groups is 2. The van der Waals surface area contributed by atoms with E-state index in [2.05, 4.69) is 5.32 Å². The van der Waals surface area contributed by atoms with Crippen molar-refractivity contribution in [2.45, 2.75) is 12.8 Å². The van der Waals surface area contributed by atoms with Crippen LogP contribution in [-0.2, 0) is 14.3 Å².